The Morgan fingerprint density at radius 1 is 1.20 bits per heavy atom. The SMILES string of the molecule is CCN(CC)C(C)OC(=O)c1ccccc1OC(C)=O. The largest absolute Gasteiger partial charge is 0.443 e. The highest BCUT2D eigenvalue weighted by molar-refractivity contribution is 5.93. The van der Waals surface area contributed by atoms with Crippen molar-refractivity contribution in [3.63, 3.8) is 0 Å². The third-order valence-corrected chi connectivity index (χ3v) is 2.96. The minimum Gasteiger partial charge on any atom is -0.443 e. The molecule has 0 saturated carbocycles. The fourth-order valence-electron chi connectivity index (χ4n) is 1.91. The molecule has 1 atom stereocenters. The van der Waals surface area contributed by atoms with Gasteiger partial charge in [0.05, 0.1) is 0 Å². The molecule has 1 aromatic rings. The van der Waals surface area contributed by atoms with Gasteiger partial charge in [0.2, 0.25) is 0 Å². The minimum absolute atomic E-state index is 0.219. The molecule has 20 heavy (non-hydrogen) atoms. The van der Waals surface area contributed by atoms with Gasteiger partial charge in [-0.15, -0.1) is 0 Å². The van der Waals surface area contributed by atoms with Crippen molar-refractivity contribution >= 4 is 11.9 Å². The Morgan fingerprint density at radius 3 is 2.35 bits per heavy atom. The molecular formula is C15H21NO4. The molecule has 0 saturated heterocycles. The summed E-state index contributed by atoms with van der Waals surface area (Å²) in [4.78, 5) is 25.2. The number of hydrogen-bond acceptors (Lipinski definition) is 5. The zero-order chi connectivity index (χ0) is 15.1. The van der Waals surface area contributed by atoms with E-state index in [-0.39, 0.29) is 17.5 Å². The fraction of sp³-hybridized carbons (Fsp3) is 0.467. The molecular weight excluding hydrogens is 258 g/mol. The van der Waals surface area contributed by atoms with E-state index < -0.39 is 11.9 Å². The molecule has 5 heteroatoms. The smallest absolute Gasteiger partial charge is 0.343 e. The lowest BCUT2D eigenvalue weighted by Gasteiger charge is -2.26. The van der Waals surface area contributed by atoms with Gasteiger partial charge in [0.15, 0.2) is 6.23 Å². The quantitative estimate of drug-likeness (QED) is 0.455. The van der Waals surface area contributed by atoms with Crippen LogP contribution in [0, 0.1) is 0 Å². The molecule has 0 spiro atoms. The van der Waals surface area contributed by atoms with E-state index in [0.29, 0.717) is 0 Å². The Hall–Kier alpha value is -1.88. The van der Waals surface area contributed by atoms with Gasteiger partial charge in [0.25, 0.3) is 0 Å². The van der Waals surface area contributed by atoms with Crippen molar-refractivity contribution in [2.24, 2.45) is 0 Å². The molecule has 1 aromatic carbocycles. The van der Waals surface area contributed by atoms with Gasteiger partial charge >= 0.3 is 11.9 Å². The highest BCUT2D eigenvalue weighted by atomic mass is 16.6. The van der Waals surface area contributed by atoms with Crippen molar-refractivity contribution in [2.45, 2.75) is 33.9 Å². The highest BCUT2D eigenvalue weighted by Crippen LogP contribution is 2.20. The van der Waals surface area contributed by atoms with E-state index in [9.17, 15) is 9.59 Å². The number of nitrogens with zero attached hydrogens (tertiary/aromatic N) is 1. The monoisotopic (exact) mass is 279 g/mol. The van der Waals surface area contributed by atoms with Crippen molar-refractivity contribution < 1.29 is 19.1 Å². The standard InChI is InChI=1S/C15H21NO4/c1-5-16(6-2)11(3)19-15(18)13-9-7-8-10-14(13)20-12(4)17/h7-11H,5-6H2,1-4H3. The van der Waals surface area contributed by atoms with Gasteiger partial charge in [0.1, 0.15) is 11.3 Å². The molecule has 0 N–H and O–H groups in total. The first kappa shape index (κ1) is 16.2. The van der Waals surface area contributed by atoms with Crippen LogP contribution in [0.15, 0.2) is 24.3 Å². The predicted molar refractivity (Wildman–Crippen MR) is 75.5 cm³/mol. The Balaban J connectivity index is 2.84. The topological polar surface area (TPSA) is 55.8 Å². The summed E-state index contributed by atoms with van der Waals surface area (Å²) < 4.78 is 10.4. The lowest BCUT2D eigenvalue weighted by molar-refractivity contribution is -0.131. The molecule has 0 aliphatic rings. The summed E-state index contributed by atoms with van der Waals surface area (Å²) in [5, 5.41) is 0. The van der Waals surface area contributed by atoms with Gasteiger partial charge in [0, 0.05) is 6.92 Å². The van der Waals surface area contributed by atoms with Crippen LogP contribution in [0.2, 0.25) is 0 Å². The van der Waals surface area contributed by atoms with E-state index in [1.54, 1.807) is 24.3 Å². The molecule has 0 aromatic heterocycles. The van der Waals surface area contributed by atoms with Gasteiger partial charge in [-0.25, -0.2) is 4.79 Å². The summed E-state index contributed by atoms with van der Waals surface area (Å²) in [6, 6.07) is 6.55. The number of hydrogen-bond donors (Lipinski definition) is 0. The average molecular weight is 279 g/mol. The number of carbonyl (C=O) groups excluding carboxylic acids is 2. The molecule has 0 fully saturated rings. The summed E-state index contributed by atoms with van der Waals surface area (Å²) in [6.07, 6.45) is -0.331. The number of rotatable bonds is 6. The van der Waals surface area contributed by atoms with Crippen LogP contribution >= 0.6 is 0 Å². The first-order chi connectivity index (χ1) is 9.49. The number of carbonyl (C=O) groups is 2. The summed E-state index contributed by atoms with van der Waals surface area (Å²) in [7, 11) is 0. The first-order valence-electron chi connectivity index (χ1n) is 6.72. The zero-order valence-electron chi connectivity index (χ0n) is 12.4. The average Bonchev–Trinajstić information content (AvgIpc) is 2.39. The maximum atomic E-state index is 12.2. The molecule has 110 valence electrons. The molecule has 1 unspecified atom stereocenters. The molecule has 0 aliphatic heterocycles. The lowest BCUT2D eigenvalue weighted by Crippen LogP contribution is -2.36. The Kier molecular flexibility index (Phi) is 6.18. The van der Waals surface area contributed by atoms with E-state index >= 15 is 0 Å². The predicted octanol–water partition coefficient (Wildman–Crippen LogP) is 2.46. The van der Waals surface area contributed by atoms with Crippen molar-refractivity contribution in [2.75, 3.05) is 13.1 Å². The van der Waals surface area contributed by atoms with Crippen molar-refractivity contribution in [3.8, 4) is 5.75 Å². The molecule has 0 bridgehead atoms. The summed E-state index contributed by atoms with van der Waals surface area (Å²) in [5.74, 6) is -0.750. The summed E-state index contributed by atoms with van der Waals surface area (Å²) in [5.41, 5.74) is 0.252. The molecule has 5 nitrogen and oxygen atoms in total. The van der Waals surface area contributed by atoms with E-state index in [1.807, 2.05) is 25.7 Å². The van der Waals surface area contributed by atoms with Crippen LogP contribution in [0.25, 0.3) is 0 Å². The van der Waals surface area contributed by atoms with Crippen LogP contribution in [0.4, 0.5) is 0 Å². The van der Waals surface area contributed by atoms with Crippen LogP contribution in [-0.2, 0) is 9.53 Å². The molecule has 0 aliphatic carbocycles. The molecule has 0 heterocycles. The van der Waals surface area contributed by atoms with Gasteiger partial charge in [-0.2, -0.15) is 0 Å². The Morgan fingerprint density at radius 2 is 1.80 bits per heavy atom. The summed E-state index contributed by atoms with van der Waals surface area (Å²) >= 11 is 0. The van der Waals surface area contributed by atoms with E-state index in [4.69, 9.17) is 9.47 Å². The summed E-state index contributed by atoms with van der Waals surface area (Å²) in [6.45, 7) is 8.69. The van der Waals surface area contributed by atoms with Gasteiger partial charge in [-0.1, -0.05) is 26.0 Å². The molecule has 0 amide bonds. The number of benzene rings is 1. The highest BCUT2D eigenvalue weighted by Gasteiger charge is 2.20. The second-order valence-electron chi connectivity index (χ2n) is 4.32. The zero-order valence-corrected chi connectivity index (χ0v) is 12.4. The Labute approximate surface area is 119 Å². The van der Waals surface area contributed by atoms with Crippen LogP contribution < -0.4 is 4.74 Å². The fourth-order valence-corrected chi connectivity index (χ4v) is 1.91. The van der Waals surface area contributed by atoms with Crippen LogP contribution in [-0.4, -0.2) is 36.2 Å². The van der Waals surface area contributed by atoms with Crippen molar-refractivity contribution in [1.82, 2.24) is 4.90 Å². The third kappa shape index (κ3) is 4.35. The number of ether oxygens (including phenoxy) is 2. The van der Waals surface area contributed by atoms with Gasteiger partial charge < -0.3 is 9.47 Å². The maximum absolute atomic E-state index is 12.2. The van der Waals surface area contributed by atoms with E-state index in [1.165, 1.54) is 6.92 Å². The number of esters is 2. The van der Waals surface area contributed by atoms with Crippen molar-refractivity contribution in [3.05, 3.63) is 29.8 Å². The normalized spacial score (nSPS) is 12.1. The van der Waals surface area contributed by atoms with E-state index in [2.05, 4.69) is 0 Å². The lowest BCUT2D eigenvalue weighted by atomic mass is 10.2. The third-order valence-electron chi connectivity index (χ3n) is 2.96. The van der Waals surface area contributed by atoms with Crippen LogP contribution in [0.5, 0.6) is 5.75 Å². The first-order valence-corrected chi connectivity index (χ1v) is 6.72. The second kappa shape index (κ2) is 7.65. The molecule has 0 radical (unpaired) electrons. The van der Waals surface area contributed by atoms with Gasteiger partial charge in [-0.05, 0) is 32.1 Å². The second-order valence-corrected chi connectivity index (χ2v) is 4.32. The number of para-hydroxylation sites is 1. The van der Waals surface area contributed by atoms with Crippen molar-refractivity contribution in [1.29, 1.82) is 0 Å². The molecule has 1 rings (SSSR count). The minimum atomic E-state index is -0.499. The van der Waals surface area contributed by atoms with Gasteiger partial charge in [-0.3, -0.25) is 9.69 Å². The van der Waals surface area contributed by atoms with Crippen LogP contribution in [0.3, 0.4) is 0 Å². The Bertz CT molecular complexity index is 469. The van der Waals surface area contributed by atoms with E-state index in [0.717, 1.165) is 13.1 Å². The van der Waals surface area contributed by atoms with Crippen LogP contribution in [0.1, 0.15) is 38.1 Å². The maximum Gasteiger partial charge on any atom is 0.343 e.